The number of carbonyl (C=O) groups is 1. The molecule has 7 nitrogen and oxygen atoms in total. The summed E-state index contributed by atoms with van der Waals surface area (Å²) in [5.41, 5.74) is 1.46. The van der Waals surface area contributed by atoms with Crippen LogP contribution in [0.5, 0.6) is 11.5 Å². The van der Waals surface area contributed by atoms with Gasteiger partial charge in [-0.05, 0) is 31.2 Å². The monoisotopic (exact) mass is 398 g/mol. The van der Waals surface area contributed by atoms with Crippen molar-refractivity contribution in [3.8, 4) is 11.5 Å². The number of amides is 1. The highest BCUT2D eigenvalue weighted by atomic mass is 32.2. The number of fused-ring (bicyclic) bond motifs is 1. The molecule has 0 spiro atoms. The Morgan fingerprint density at radius 3 is 2.54 bits per heavy atom. The average Bonchev–Trinajstić information content (AvgIpc) is 2.72. The van der Waals surface area contributed by atoms with Gasteiger partial charge in [0.15, 0.2) is 16.7 Å². The molecule has 1 heterocycles. The van der Waals surface area contributed by atoms with Crippen molar-refractivity contribution in [2.75, 3.05) is 31.9 Å². The largest absolute Gasteiger partial charge is 0.493 e. The lowest BCUT2D eigenvalue weighted by atomic mass is 10.2. The molecule has 0 radical (unpaired) electrons. The number of ether oxygens (including phenoxy) is 2. The molecule has 28 heavy (non-hydrogen) atoms. The van der Waals surface area contributed by atoms with Crippen LogP contribution in [-0.2, 0) is 4.79 Å². The third-order valence-corrected chi connectivity index (χ3v) is 5.08. The van der Waals surface area contributed by atoms with Gasteiger partial charge in [0.25, 0.3) is 0 Å². The molecule has 1 amide bonds. The first kappa shape index (κ1) is 19.8. The van der Waals surface area contributed by atoms with E-state index in [1.165, 1.54) is 11.8 Å². The van der Waals surface area contributed by atoms with E-state index < -0.39 is 0 Å². The van der Waals surface area contributed by atoms with E-state index in [0.29, 0.717) is 22.3 Å². The van der Waals surface area contributed by atoms with Crippen LogP contribution in [0.2, 0.25) is 0 Å². The minimum Gasteiger partial charge on any atom is -0.493 e. The predicted molar refractivity (Wildman–Crippen MR) is 113 cm³/mol. The molecule has 0 fully saturated rings. The SMILES string of the molecule is CNc1nc(SC(C)C(=O)Nc2ccc(OC)c(OC)c2)nc2ccccc12. The molecule has 1 atom stereocenters. The van der Waals surface area contributed by atoms with E-state index in [2.05, 4.69) is 20.6 Å². The van der Waals surface area contributed by atoms with Crippen LogP contribution in [0, 0.1) is 0 Å². The number of anilines is 2. The molecule has 0 aliphatic heterocycles. The van der Waals surface area contributed by atoms with Crippen molar-refractivity contribution in [1.29, 1.82) is 0 Å². The Bertz CT molecular complexity index is 996. The first-order valence-corrected chi connectivity index (χ1v) is 9.57. The number of thioether (sulfide) groups is 1. The van der Waals surface area contributed by atoms with Crippen molar-refractivity contribution in [3.05, 3.63) is 42.5 Å². The maximum absolute atomic E-state index is 12.6. The molecule has 3 rings (SSSR count). The van der Waals surface area contributed by atoms with E-state index in [1.54, 1.807) is 32.4 Å². The van der Waals surface area contributed by atoms with Gasteiger partial charge in [0.2, 0.25) is 5.91 Å². The zero-order valence-corrected chi connectivity index (χ0v) is 17.0. The molecule has 3 aromatic rings. The quantitative estimate of drug-likeness (QED) is 0.462. The Kier molecular flexibility index (Phi) is 6.20. The molecule has 1 unspecified atom stereocenters. The predicted octanol–water partition coefficient (Wildman–Crippen LogP) is 3.81. The average molecular weight is 398 g/mol. The van der Waals surface area contributed by atoms with Gasteiger partial charge in [-0.25, -0.2) is 9.97 Å². The third kappa shape index (κ3) is 4.28. The summed E-state index contributed by atoms with van der Waals surface area (Å²) in [5, 5.41) is 7.06. The molecule has 0 bridgehead atoms. The molecule has 0 saturated heterocycles. The summed E-state index contributed by atoms with van der Waals surface area (Å²) >= 11 is 1.30. The van der Waals surface area contributed by atoms with Gasteiger partial charge in [0.05, 0.1) is 25.0 Å². The number of benzene rings is 2. The summed E-state index contributed by atoms with van der Waals surface area (Å²) in [6.07, 6.45) is 0. The second kappa shape index (κ2) is 8.79. The fraction of sp³-hybridized carbons (Fsp3) is 0.250. The maximum Gasteiger partial charge on any atom is 0.237 e. The van der Waals surface area contributed by atoms with Gasteiger partial charge >= 0.3 is 0 Å². The number of methoxy groups -OCH3 is 2. The van der Waals surface area contributed by atoms with E-state index in [9.17, 15) is 4.79 Å². The first-order valence-electron chi connectivity index (χ1n) is 8.69. The van der Waals surface area contributed by atoms with Crippen LogP contribution in [0.15, 0.2) is 47.6 Å². The highest BCUT2D eigenvalue weighted by Crippen LogP contribution is 2.31. The summed E-state index contributed by atoms with van der Waals surface area (Å²) < 4.78 is 10.5. The molecule has 0 aliphatic carbocycles. The Morgan fingerprint density at radius 1 is 1.07 bits per heavy atom. The second-order valence-corrected chi connectivity index (χ2v) is 7.25. The molecule has 8 heteroatoms. The summed E-state index contributed by atoms with van der Waals surface area (Å²) in [6, 6.07) is 13.0. The number of carbonyl (C=O) groups excluding carboxylic acids is 1. The van der Waals surface area contributed by atoms with Crippen LogP contribution >= 0.6 is 11.8 Å². The molecule has 2 aromatic carbocycles. The normalized spacial score (nSPS) is 11.7. The van der Waals surface area contributed by atoms with Crippen LogP contribution in [0.1, 0.15) is 6.92 Å². The second-order valence-electron chi connectivity index (χ2n) is 5.94. The number of nitrogens with zero attached hydrogens (tertiary/aromatic N) is 2. The standard InChI is InChI=1S/C20H22N4O3S/c1-12(19(25)22-13-9-10-16(26-3)17(11-13)27-4)28-20-23-15-8-6-5-7-14(15)18(21-2)24-20/h5-12H,1-4H3,(H,22,25)(H,21,23,24). The van der Waals surface area contributed by atoms with Crippen molar-refractivity contribution in [2.24, 2.45) is 0 Å². The van der Waals surface area contributed by atoms with Crippen molar-refractivity contribution < 1.29 is 14.3 Å². The zero-order valence-electron chi connectivity index (χ0n) is 16.1. The third-order valence-electron chi connectivity index (χ3n) is 4.12. The highest BCUT2D eigenvalue weighted by molar-refractivity contribution is 8.00. The van der Waals surface area contributed by atoms with Gasteiger partial charge < -0.3 is 20.1 Å². The Morgan fingerprint density at radius 2 is 1.82 bits per heavy atom. The van der Waals surface area contributed by atoms with Crippen molar-refractivity contribution in [3.63, 3.8) is 0 Å². The number of para-hydroxylation sites is 1. The summed E-state index contributed by atoms with van der Waals surface area (Å²) in [5.74, 6) is 1.74. The summed E-state index contributed by atoms with van der Waals surface area (Å²) in [4.78, 5) is 21.7. The minimum atomic E-state index is -0.390. The minimum absolute atomic E-state index is 0.153. The van der Waals surface area contributed by atoms with E-state index in [4.69, 9.17) is 9.47 Å². The lowest BCUT2D eigenvalue weighted by Gasteiger charge is -2.14. The first-order chi connectivity index (χ1) is 13.5. The molecule has 2 N–H and O–H groups in total. The van der Waals surface area contributed by atoms with E-state index in [0.717, 1.165) is 16.7 Å². The molecule has 1 aromatic heterocycles. The van der Waals surface area contributed by atoms with Gasteiger partial charge in [-0.3, -0.25) is 4.79 Å². The highest BCUT2D eigenvalue weighted by Gasteiger charge is 2.18. The Hall–Kier alpha value is -3.00. The van der Waals surface area contributed by atoms with Gasteiger partial charge in [0.1, 0.15) is 5.82 Å². The summed E-state index contributed by atoms with van der Waals surface area (Å²) in [7, 11) is 4.94. The molecule has 146 valence electrons. The smallest absolute Gasteiger partial charge is 0.237 e. The molecular formula is C20H22N4O3S. The fourth-order valence-corrected chi connectivity index (χ4v) is 3.45. The van der Waals surface area contributed by atoms with Crippen LogP contribution in [0.3, 0.4) is 0 Å². The van der Waals surface area contributed by atoms with Crippen molar-refractivity contribution >= 4 is 40.1 Å². The number of aromatic nitrogens is 2. The van der Waals surface area contributed by atoms with E-state index >= 15 is 0 Å². The van der Waals surface area contributed by atoms with Crippen LogP contribution in [0.25, 0.3) is 10.9 Å². The van der Waals surface area contributed by atoms with Crippen LogP contribution in [-0.4, -0.2) is 42.4 Å². The number of nitrogens with one attached hydrogen (secondary N) is 2. The van der Waals surface area contributed by atoms with E-state index in [1.807, 2.05) is 38.2 Å². The number of rotatable bonds is 7. The maximum atomic E-state index is 12.6. The van der Waals surface area contributed by atoms with Gasteiger partial charge in [-0.2, -0.15) is 0 Å². The van der Waals surface area contributed by atoms with Gasteiger partial charge in [-0.15, -0.1) is 0 Å². The molecule has 0 saturated carbocycles. The number of hydrogen-bond donors (Lipinski definition) is 2. The Labute approximate surface area is 167 Å². The van der Waals surface area contributed by atoms with Crippen LogP contribution < -0.4 is 20.1 Å². The lowest BCUT2D eigenvalue weighted by Crippen LogP contribution is -2.22. The van der Waals surface area contributed by atoms with Gasteiger partial charge in [0, 0.05) is 24.2 Å². The van der Waals surface area contributed by atoms with E-state index in [-0.39, 0.29) is 11.2 Å². The molecule has 0 aliphatic rings. The van der Waals surface area contributed by atoms with Crippen LogP contribution in [0.4, 0.5) is 11.5 Å². The molecular weight excluding hydrogens is 376 g/mol. The topological polar surface area (TPSA) is 85.4 Å². The van der Waals surface area contributed by atoms with Gasteiger partial charge in [-0.1, -0.05) is 23.9 Å². The van der Waals surface area contributed by atoms with Crippen molar-refractivity contribution in [1.82, 2.24) is 9.97 Å². The lowest BCUT2D eigenvalue weighted by molar-refractivity contribution is -0.115. The zero-order chi connectivity index (χ0) is 20.1. The fourth-order valence-electron chi connectivity index (χ4n) is 2.67. The summed E-state index contributed by atoms with van der Waals surface area (Å²) in [6.45, 7) is 1.82. The number of hydrogen-bond acceptors (Lipinski definition) is 7. The van der Waals surface area contributed by atoms with Crippen molar-refractivity contribution in [2.45, 2.75) is 17.3 Å². The Balaban J connectivity index is 1.75.